The van der Waals surface area contributed by atoms with E-state index < -0.39 is 10.0 Å². The predicted octanol–water partition coefficient (Wildman–Crippen LogP) is 1.56. The number of methoxy groups -OCH3 is 1. The first-order valence-electron chi connectivity index (χ1n) is 5.95. The second-order valence-corrected chi connectivity index (χ2v) is 6.72. The van der Waals surface area contributed by atoms with Crippen LogP contribution in [0, 0.1) is 0 Å². The number of halogens is 1. The van der Waals surface area contributed by atoms with Gasteiger partial charge >= 0.3 is 0 Å². The number of nitrogens with two attached hydrogens (primary N) is 1. The molecule has 0 aliphatic carbocycles. The summed E-state index contributed by atoms with van der Waals surface area (Å²) < 4.78 is 32.0. The Bertz CT molecular complexity index is 520. The molecule has 0 unspecified atom stereocenters. The lowest BCUT2D eigenvalue weighted by Crippen LogP contribution is -2.34. The van der Waals surface area contributed by atoms with Crippen molar-refractivity contribution in [3.63, 3.8) is 0 Å². The van der Waals surface area contributed by atoms with Gasteiger partial charge in [-0.3, -0.25) is 0 Å². The third-order valence-electron chi connectivity index (χ3n) is 2.75. The van der Waals surface area contributed by atoms with Crippen molar-refractivity contribution in [3.05, 3.63) is 28.2 Å². The maximum absolute atomic E-state index is 12.6. The minimum atomic E-state index is -3.54. The molecule has 0 aliphatic heterocycles. The summed E-state index contributed by atoms with van der Waals surface area (Å²) in [5.41, 5.74) is 6.34. The fraction of sp³-hybridized carbons (Fsp3) is 0.500. The smallest absolute Gasteiger partial charge is 0.244 e. The van der Waals surface area contributed by atoms with Crippen LogP contribution in [0.3, 0.4) is 0 Å². The number of rotatable bonds is 7. The van der Waals surface area contributed by atoms with Crippen molar-refractivity contribution in [3.8, 4) is 0 Å². The van der Waals surface area contributed by atoms with E-state index in [1.165, 1.54) is 4.31 Å². The first-order valence-corrected chi connectivity index (χ1v) is 8.18. The number of hydrogen-bond acceptors (Lipinski definition) is 4. The van der Waals surface area contributed by atoms with Gasteiger partial charge in [-0.25, -0.2) is 8.42 Å². The second-order valence-electron chi connectivity index (χ2n) is 3.96. The molecule has 0 fully saturated rings. The SMILES string of the molecule is CCN(CCOC)S(=O)(=O)c1cc(CN)ccc1Br. The van der Waals surface area contributed by atoms with Gasteiger partial charge in [0, 0.05) is 31.2 Å². The summed E-state index contributed by atoms with van der Waals surface area (Å²) in [6.45, 7) is 3.19. The molecule has 7 heteroatoms. The van der Waals surface area contributed by atoms with Crippen LogP contribution in [0.25, 0.3) is 0 Å². The van der Waals surface area contributed by atoms with Gasteiger partial charge < -0.3 is 10.5 Å². The second kappa shape index (κ2) is 7.35. The Kier molecular flexibility index (Phi) is 6.41. The van der Waals surface area contributed by atoms with Crippen molar-refractivity contribution < 1.29 is 13.2 Å². The van der Waals surface area contributed by atoms with Crippen molar-refractivity contribution in [2.75, 3.05) is 26.8 Å². The fourth-order valence-corrected chi connectivity index (χ4v) is 4.06. The van der Waals surface area contributed by atoms with E-state index in [0.717, 1.165) is 5.56 Å². The Morgan fingerprint density at radius 2 is 2.11 bits per heavy atom. The molecular formula is C12H19BrN2O3S. The van der Waals surface area contributed by atoms with Gasteiger partial charge in [-0.2, -0.15) is 4.31 Å². The largest absolute Gasteiger partial charge is 0.383 e. The molecule has 1 rings (SSSR count). The highest BCUT2D eigenvalue weighted by atomic mass is 79.9. The first-order chi connectivity index (χ1) is 8.97. The Hall–Kier alpha value is -0.470. The van der Waals surface area contributed by atoms with Gasteiger partial charge in [0.1, 0.15) is 0 Å². The van der Waals surface area contributed by atoms with Crippen LogP contribution >= 0.6 is 15.9 Å². The predicted molar refractivity (Wildman–Crippen MR) is 78.3 cm³/mol. The van der Waals surface area contributed by atoms with Crippen LogP contribution in [0.15, 0.2) is 27.6 Å². The van der Waals surface area contributed by atoms with Crippen LogP contribution in [0.4, 0.5) is 0 Å². The summed E-state index contributed by atoms with van der Waals surface area (Å²) in [4.78, 5) is 0.244. The fourth-order valence-electron chi connectivity index (χ4n) is 1.65. The molecule has 0 heterocycles. The van der Waals surface area contributed by atoms with Gasteiger partial charge in [0.25, 0.3) is 0 Å². The lowest BCUT2D eigenvalue weighted by molar-refractivity contribution is 0.180. The molecule has 1 aromatic carbocycles. The van der Waals surface area contributed by atoms with E-state index in [4.69, 9.17) is 10.5 Å². The zero-order chi connectivity index (χ0) is 14.5. The molecule has 0 amide bonds. The Balaban J connectivity index is 3.17. The number of ether oxygens (including phenoxy) is 1. The molecule has 0 saturated heterocycles. The third kappa shape index (κ3) is 4.00. The lowest BCUT2D eigenvalue weighted by atomic mass is 10.2. The highest BCUT2D eigenvalue weighted by molar-refractivity contribution is 9.10. The van der Waals surface area contributed by atoms with E-state index in [2.05, 4.69) is 15.9 Å². The quantitative estimate of drug-likeness (QED) is 0.809. The molecule has 5 nitrogen and oxygen atoms in total. The van der Waals surface area contributed by atoms with E-state index in [-0.39, 0.29) is 4.90 Å². The minimum Gasteiger partial charge on any atom is -0.383 e. The van der Waals surface area contributed by atoms with Crippen molar-refractivity contribution in [2.24, 2.45) is 5.73 Å². The van der Waals surface area contributed by atoms with E-state index in [9.17, 15) is 8.42 Å². The van der Waals surface area contributed by atoms with Gasteiger partial charge in [0.2, 0.25) is 10.0 Å². The van der Waals surface area contributed by atoms with Gasteiger partial charge in [-0.1, -0.05) is 13.0 Å². The van der Waals surface area contributed by atoms with Gasteiger partial charge in [0.05, 0.1) is 11.5 Å². The van der Waals surface area contributed by atoms with Gasteiger partial charge in [-0.05, 0) is 33.6 Å². The summed E-state index contributed by atoms with van der Waals surface area (Å²) in [5, 5.41) is 0. The monoisotopic (exact) mass is 350 g/mol. The maximum atomic E-state index is 12.6. The topological polar surface area (TPSA) is 72.6 Å². The summed E-state index contributed by atoms with van der Waals surface area (Å²) in [6, 6.07) is 5.11. The van der Waals surface area contributed by atoms with Crippen LogP contribution in [-0.2, 0) is 21.3 Å². The number of sulfonamides is 1. The summed E-state index contributed by atoms with van der Waals surface area (Å²) in [5.74, 6) is 0. The number of nitrogens with zero attached hydrogens (tertiary/aromatic N) is 1. The molecule has 19 heavy (non-hydrogen) atoms. The molecule has 0 aliphatic rings. The summed E-state index contributed by atoms with van der Waals surface area (Å²) >= 11 is 3.28. The molecule has 0 atom stereocenters. The molecule has 0 spiro atoms. The Labute approximate surface area is 122 Å². The van der Waals surface area contributed by atoms with Crippen LogP contribution < -0.4 is 5.73 Å². The van der Waals surface area contributed by atoms with Crippen LogP contribution in [0.5, 0.6) is 0 Å². The highest BCUT2D eigenvalue weighted by Crippen LogP contribution is 2.26. The van der Waals surface area contributed by atoms with E-state index in [0.29, 0.717) is 30.7 Å². The van der Waals surface area contributed by atoms with Gasteiger partial charge in [-0.15, -0.1) is 0 Å². The van der Waals surface area contributed by atoms with Crippen LogP contribution in [0.2, 0.25) is 0 Å². The maximum Gasteiger partial charge on any atom is 0.244 e. The zero-order valence-corrected chi connectivity index (χ0v) is 13.5. The number of likely N-dealkylation sites (N-methyl/N-ethyl adjacent to an activating group) is 1. The van der Waals surface area contributed by atoms with E-state index in [1.54, 1.807) is 32.2 Å². The van der Waals surface area contributed by atoms with Crippen molar-refractivity contribution in [2.45, 2.75) is 18.4 Å². The van der Waals surface area contributed by atoms with Crippen molar-refractivity contribution in [1.29, 1.82) is 0 Å². The lowest BCUT2D eigenvalue weighted by Gasteiger charge is -2.21. The first kappa shape index (κ1) is 16.6. The highest BCUT2D eigenvalue weighted by Gasteiger charge is 2.25. The molecule has 1 aromatic rings. The Morgan fingerprint density at radius 3 is 2.63 bits per heavy atom. The molecular weight excluding hydrogens is 332 g/mol. The average Bonchev–Trinajstić information content (AvgIpc) is 2.39. The Morgan fingerprint density at radius 1 is 1.42 bits per heavy atom. The summed E-state index contributed by atoms with van der Waals surface area (Å²) in [6.07, 6.45) is 0. The van der Waals surface area contributed by atoms with Gasteiger partial charge in [0.15, 0.2) is 0 Å². The minimum absolute atomic E-state index is 0.244. The van der Waals surface area contributed by atoms with Crippen LogP contribution in [-0.4, -0.2) is 39.5 Å². The normalized spacial score (nSPS) is 12.1. The molecule has 0 radical (unpaired) electrons. The van der Waals surface area contributed by atoms with E-state index >= 15 is 0 Å². The van der Waals surface area contributed by atoms with Crippen molar-refractivity contribution in [1.82, 2.24) is 4.31 Å². The zero-order valence-electron chi connectivity index (χ0n) is 11.1. The average molecular weight is 351 g/mol. The molecule has 0 saturated carbocycles. The molecule has 0 aromatic heterocycles. The van der Waals surface area contributed by atoms with Crippen LogP contribution in [0.1, 0.15) is 12.5 Å². The third-order valence-corrected chi connectivity index (χ3v) is 5.71. The van der Waals surface area contributed by atoms with Crippen molar-refractivity contribution >= 4 is 26.0 Å². The summed E-state index contributed by atoms with van der Waals surface area (Å²) in [7, 11) is -1.99. The number of benzene rings is 1. The number of hydrogen-bond donors (Lipinski definition) is 1. The van der Waals surface area contributed by atoms with E-state index in [1.807, 2.05) is 0 Å². The standard InChI is InChI=1S/C12H19BrN2O3S/c1-3-15(6-7-18-2)19(16,17)12-8-10(9-14)4-5-11(12)13/h4-5,8H,3,6-7,9,14H2,1-2H3. The molecule has 108 valence electrons. The molecule has 0 bridgehead atoms. The molecule has 2 N–H and O–H groups in total.